The quantitative estimate of drug-likeness (QED) is 0.924. The highest BCUT2D eigenvalue weighted by molar-refractivity contribution is 5.25. The Morgan fingerprint density at radius 2 is 2.29 bits per heavy atom. The van der Waals surface area contributed by atoms with E-state index in [0.29, 0.717) is 5.69 Å². The summed E-state index contributed by atoms with van der Waals surface area (Å²) in [6.45, 7) is 10.9. The molecule has 1 N–H and O–H groups in total. The van der Waals surface area contributed by atoms with Crippen LogP contribution in [0.15, 0.2) is 18.3 Å². The molecule has 1 aromatic heterocycles. The van der Waals surface area contributed by atoms with Crippen molar-refractivity contribution in [3.63, 3.8) is 0 Å². The molecular formula is C17H26N4. The molecule has 0 aromatic carbocycles. The van der Waals surface area contributed by atoms with Gasteiger partial charge in [0.25, 0.3) is 0 Å². The van der Waals surface area contributed by atoms with Crippen molar-refractivity contribution in [2.75, 3.05) is 19.6 Å². The second-order valence-corrected chi connectivity index (χ2v) is 7.04. The van der Waals surface area contributed by atoms with Gasteiger partial charge in [-0.2, -0.15) is 5.26 Å². The molecule has 0 bridgehead atoms. The summed E-state index contributed by atoms with van der Waals surface area (Å²) in [5.41, 5.74) is 1.89. The second-order valence-electron chi connectivity index (χ2n) is 7.04. The Balaban J connectivity index is 1.87. The van der Waals surface area contributed by atoms with Crippen molar-refractivity contribution in [2.24, 2.45) is 5.92 Å². The zero-order chi connectivity index (χ0) is 15.3. The van der Waals surface area contributed by atoms with E-state index >= 15 is 0 Å². The summed E-state index contributed by atoms with van der Waals surface area (Å²) in [4.78, 5) is 6.53. The average molecular weight is 286 g/mol. The smallest absolute Gasteiger partial charge is 0.140 e. The lowest BCUT2D eigenvalue weighted by molar-refractivity contribution is 0.159. The van der Waals surface area contributed by atoms with Gasteiger partial charge >= 0.3 is 0 Å². The molecule has 0 spiro atoms. The largest absolute Gasteiger partial charge is 0.312 e. The molecule has 1 aromatic rings. The van der Waals surface area contributed by atoms with Crippen LogP contribution in [-0.4, -0.2) is 35.1 Å². The summed E-state index contributed by atoms with van der Waals surface area (Å²) in [6.07, 6.45) is 4.29. The molecular weight excluding hydrogens is 260 g/mol. The number of nitriles is 1. The highest BCUT2D eigenvalue weighted by Crippen LogP contribution is 2.19. The molecule has 114 valence electrons. The SMILES string of the molecule is CC(C)(C)NCC1CCCN(Cc2ccnc(C#N)c2)C1. The van der Waals surface area contributed by atoms with Gasteiger partial charge < -0.3 is 5.32 Å². The van der Waals surface area contributed by atoms with Crippen molar-refractivity contribution in [2.45, 2.75) is 45.7 Å². The first-order chi connectivity index (χ1) is 9.96. The van der Waals surface area contributed by atoms with Crippen LogP contribution in [0.4, 0.5) is 0 Å². The van der Waals surface area contributed by atoms with E-state index < -0.39 is 0 Å². The monoisotopic (exact) mass is 286 g/mol. The Morgan fingerprint density at radius 1 is 1.48 bits per heavy atom. The van der Waals surface area contributed by atoms with Gasteiger partial charge in [-0.05, 0) is 70.3 Å². The van der Waals surface area contributed by atoms with E-state index in [9.17, 15) is 0 Å². The Morgan fingerprint density at radius 3 is 3.00 bits per heavy atom. The Bertz CT molecular complexity index is 498. The van der Waals surface area contributed by atoms with Crippen LogP contribution in [-0.2, 0) is 6.54 Å². The molecule has 0 aliphatic carbocycles. The van der Waals surface area contributed by atoms with Crippen LogP contribution in [0.25, 0.3) is 0 Å². The fourth-order valence-electron chi connectivity index (χ4n) is 2.80. The number of nitrogens with one attached hydrogen (secondary N) is 1. The van der Waals surface area contributed by atoms with E-state index in [4.69, 9.17) is 5.26 Å². The minimum Gasteiger partial charge on any atom is -0.312 e. The number of hydrogen-bond acceptors (Lipinski definition) is 4. The van der Waals surface area contributed by atoms with Crippen LogP contribution in [0.3, 0.4) is 0 Å². The molecule has 1 atom stereocenters. The number of piperidine rings is 1. The normalized spacial score (nSPS) is 20.2. The summed E-state index contributed by atoms with van der Waals surface area (Å²) >= 11 is 0. The third-order valence-electron chi connectivity index (χ3n) is 3.87. The van der Waals surface area contributed by atoms with Crippen molar-refractivity contribution in [3.8, 4) is 6.07 Å². The first-order valence-electron chi connectivity index (χ1n) is 7.79. The average Bonchev–Trinajstić information content (AvgIpc) is 2.45. The number of likely N-dealkylation sites (tertiary alicyclic amines) is 1. The highest BCUT2D eigenvalue weighted by Gasteiger charge is 2.21. The molecule has 0 radical (unpaired) electrons. The van der Waals surface area contributed by atoms with Crippen LogP contribution < -0.4 is 5.32 Å². The van der Waals surface area contributed by atoms with Gasteiger partial charge in [-0.1, -0.05) is 0 Å². The fraction of sp³-hybridized carbons (Fsp3) is 0.647. The number of aromatic nitrogens is 1. The summed E-state index contributed by atoms with van der Waals surface area (Å²) in [7, 11) is 0. The maximum atomic E-state index is 8.92. The Kier molecular flexibility index (Phi) is 5.33. The highest BCUT2D eigenvalue weighted by atomic mass is 15.1. The zero-order valence-electron chi connectivity index (χ0n) is 13.4. The van der Waals surface area contributed by atoms with E-state index in [1.165, 1.54) is 18.4 Å². The molecule has 2 heterocycles. The summed E-state index contributed by atoms with van der Waals surface area (Å²) < 4.78 is 0. The molecule has 2 rings (SSSR count). The standard InChI is InChI=1S/C17H26N4/c1-17(2,3)20-11-15-5-4-8-21(13-15)12-14-6-7-19-16(9-14)10-18/h6-7,9,15,20H,4-5,8,11-13H2,1-3H3. The summed E-state index contributed by atoms with van der Waals surface area (Å²) in [5, 5.41) is 12.5. The first kappa shape index (κ1) is 15.9. The van der Waals surface area contributed by atoms with Gasteiger partial charge in [0, 0.05) is 24.8 Å². The first-order valence-corrected chi connectivity index (χ1v) is 7.79. The van der Waals surface area contributed by atoms with E-state index in [1.54, 1.807) is 6.20 Å². The number of rotatable bonds is 4. The van der Waals surface area contributed by atoms with Crippen LogP contribution in [0.5, 0.6) is 0 Å². The number of hydrogen-bond donors (Lipinski definition) is 1. The van der Waals surface area contributed by atoms with Crippen LogP contribution in [0.1, 0.15) is 44.9 Å². The lowest BCUT2D eigenvalue weighted by atomic mass is 9.96. The van der Waals surface area contributed by atoms with E-state index in [-0.39, 0.29) is 5.54 Å². The molecule has 1 saturated heterocycles. The van der Waals surface area contributed by atoms with Gasteiger partial charge in [-0.3, -0.25) is 4.90 Å². The van der Waals surface area contributed by atoms with Crippen LogP contribution in [0, 0.1) is 17.2 Å². The third kappa shape index (κ3) is 5.45. The van der Waals surface area contributed by atoms with E-state index in [0.717, 1.165) is 32.1 Å². The second kappa shape index (κ2) is 7.02. The van der Waals surface area contributed by atoms with Crippen molar-refractivity contribution in [1.82, 2.24) is 15.2 Å². The molecule has 0 amide bonds. The van der Waals surface area contributed by atoms with Gasteiger partial charge in [0.05, 0.1) is 0 Å². The van der Waals surface area contributed by atoms with Crippen LogP contribution in [0.2, 0.25) is 0 Å². The molecule has 1 aliphatic rings. The molecule has 0 saturated carbocycles. The van der Waals surface area contributed by atoms with Gasteiger partial charge in [0.15, 0.2) is 0 Å². The van der Waals surface area contributed by atoms with Crippen molar-refractivity contribution in [3.05, 3.63) is 29.6 Å². The number of pyridine rings is 1. The predicted octanol–water partition coefficient (Wildman–Crippen LogP) is 2.55. The van der Waals surface area contributed by atoms with Gasteiger partial charge in [-0.25, -0.2) is 4.98 Å². The Hall–Kier alpha value is -1.44. The minimum atomic E-state index is 0.190. The van der Waals surface area contributed by atoms with Crippen molar-refractivity contribution < 1.29 is 0 Å². The van der Waals surface area contributed by atoms with Crippen molar-refractivity contribution >= 4 is 0 Å². The summed E-state index contributed by atoms with van der Waals surface area (Å²) in [6, 6.07) is 6.02. The van der Waals surface area contributed by atoms with Gasteiger partial charge in [-0.15, -0.1) is 0 Å². The fourth-order valence-corrected chi connectivity index (χ4v) is 2.80. The molecule has 21 heavy (non-hydrogen) atoms. The maximum Gasteiger partial charge on any atom is 0.140 e. The topological polar surface area (TPSA) is 52.0 Å². The van der Waals surface area contributed by atoms with Crippen molar-refractivity contribution in [1.29, 1.82) is 5.26 Å². The minimum absolute atomic E-state index is 0.190. The molecule has 1 unspecified atom stereocenters. The molecule has 4 heteroatoms. The number of nitrogens with zero attached hydrogens (tertiary/aromatic N) is 3. The molecule has 1 aliphatic heterocycles. The lowest BCUT2D eigenvalue weighted by Crippen LogP contribution is -2.44. The molecule has 4 nitrogen and oxygen atoms in total. The zero-order valence-corrected chi connectivity index (χ0v) is 13.4. The van der Waals surface area contributed by atoms with Crippen LogP contribution >= 0.6 is 0 Å². The molecule has 1 fully saturated rings. The van der Waals surface area contributed by atoms with Gasteiger partial charge in [0.2, 0.25) is 0 Å². The predicted molar refractivity (Wildman–Crippen MR) is 84.7 cm³/mol. The third-order valence-corrected chi connectivity index (χ3v) is 3.87. The lowest BCUT2D eigenvalue weighted by Gasteiger charge is -2.34. The van der Waals surface area contributed by atoms with Gasteiger partial charge in [0.1, 0.15) is 11.8 Å². The van der Waals surface area contributed by atoms with E-state index in [1.807, 2.05) is 12.1 Å². The summed E-state index contributed by atoms with van der Waals surface area (Å²) in [5.74, 6) is 0.718. The Labute approximate surface area is 128 Å². The van der Waals surface area contributed by atoms with E-state index in [2.05, 4.69) is 42.0 Å². The maximum absolute atomic E-state index is 8.92.